The molecular formula is C13H20N4. The Kier molecular flexibility index (Phi) is 3.74. The topological polar surface area (TPSA) is 42.7 Å². The minimum atomic E-state index is 0.532. The van der Waals surface area contributed by atoms with E-state index in [2.05, 4.69) is 42.5 Å². The van der Waals surface area contributed by atoms with Crippen LogP contribution in [0.1, 0.15) is 20.8 Å². The molecule has 0 aliphatic rings. The maximum absolute atomic E-state index is 4.16. The van der Waals surface area contributed by atoms with Gasteiger partial charge in [-0.2, -0.15) is 0 Å². The Morgan fingerprint density at radius 1 is 1.24 bits per heavy atom. The number of nitrogens with zero attached hydrogens (tertiary/aromatic N) is 3. The van der Waals surface area contributed by atoms with Crippen LogP contribution in [0.3, 0.4) is 0 Å². The highest BCUT2D eigenvalue weighted by atomic mass is 15.4. The summed E-state index contributed by atoms with van der Waals surface area (Å²) in [6.45, 7) is 8.44. The van der Waals surface area contributed by atoms with Gasteiger partial charge in [0.15, 0.2) is 0 Å². The lowest BCUT2D eigenvalue weighted by Crippen LogP contribution is -2.33. The number of rotatable bonds is 5. The van der Waals surface area contributed by atoms with Gasteiger partial charge in [-0.3, -0.25) is 0 Å². The smallest absolute Gasteiger partial charge is 0.113 e. The van der Waals surface area contributed by atoms with Crippen molar-refractivity contribution in [3.63, 3.8) is 0 Å². The summed E-state index contributed by atoms with van der Waals surface area (Å²) in [5.41, 5.74) is 2.07. The highest BCUT2D eigenvalue weighted by Gasteiger charge is 2.06. The van der Waals surface area contributed by atoms with Crippen molar-refractivity contribution < 1.29 is 0 Å². The lowest BCUT2D eigenvalue weighted by atomic mass is 10.1. The Morgan fingerprint density at radius 2 is 2.00 bits per heavy atom. The molecule has 1 aromatic heterocycles. The van der Waals surface area contributed by atoms with Crippen molar-refractivity contribution in [1.82, 2.24) is 20.3 Å². The Labute approximate surface area is 102 Å². The molecule has 0 spiro atoms. The van der Waals surface area contributed by atoms with Crippen molar-refractivity contribution >= 4 is 11.0 Å². The van der Waals surface area contributed by atoms with Gasteiger partial charge in [-0.25, -0.2) is 4.68 Å². The molecule has 1 atom stereocenters. The van der Waals surface area contributed by atoms with E-state index in [9.17, 15) is 0 Å². The molecule has 0 saturated carbocycles. The van der Waals surface area contributed by atoms with Gasteiger partial charge in [-0.15, -0.1) is 5.10 Å². The van der Waals surface area contributed by atoms with Crippen molar-refractivity contribution in [3.8, 4) is 0 Å². The van der Waals surface area contributed by atoms with E-state index < -0.39 is 0 Å². The average molecular weight is 232 g/mol. The maximum Gasteiger partial charge on any atom is 0.113 e. The first kappa shape index (κ1) is 12.0. The van der Waals surface area contributed by atoms with Crippen LogP contribution in [0.15, 0.2) is 24.3 Å². The third-order valence-corrected chi connectivity index (χ3v) is 3.21. The predicted octanol–water partition coefficient (Wildman–Crippen LogP) is 2.07. The summed E-state index contributed by atoms with van der Waals surface area (Å²) in [4.78, 5) is 0. The number of para-hydroxylation sites is 1. The van der Waals surface area contributed by atoms with Crippen LogP contribution in [0.5, 0.6) is 0 Å². The van der Waals surface area contributed by atoms with Gasteiger partial charge in [0.1, 0.15) is 5.52 Å². The number of aromatic nitrogens is 3. The lowest BCUT2D eigenvalue weighted by Gasteiger charge is -2.17. The number of nitrogens with one attached hydrogen (secondary N) is 1. The minimum Gasteiger partial charge on any atom is -0.312 e. The summed E-state index contributed by atoms with van der Waals surface area (Å²) in [6.07, 6.45) is 0. The highest BCUT2D eigenvalue weighted by Crippen LogP contribution is 2.09. The Bertz CT molecular complexity index is 475. The fraction of sp³-hybridized carbons (Fsp3) is 0.538. The van der Waals surface area contributed by atoms with Crippen molar-refractivity contribution in [2.24, 2.45) is 5.92 Å². The molecule has 0 aliphatic carbocycles. The Balaban J connectivity index is 1.95. The minimum absolute atomic E-state index is 0.532. The van der Waals surface area contributed by atoms with E-state index in [1.54, 1.807) is 0 Å². The van der Waals surface area contributed by atoms with E-state index in [1.165, 1.54) is 0 Å². The van der Waals surface area contributed by atoms with Crippen LogP contribution in [-0.2, 0) is 6.54 Å². The first-order chi connectivity index (χ1) is 8.18. The predicted molar refractivity (Wildman–Crippen MR) is 69.8 cm³/mol. The molecule has 1 heterocycles. The molecule has 2 rings (SSSR count). The average Bonchev–Trinajstić information content (AvgIpc) is 2.72. The van der Waals surface area contributed by atoms with Crippen LogP contribution in [0.25, 0.3) is 11.0 Å². The molecule has 1 aromatic carbocycles. The SMILES string of the molecule is CC(C)C(C)NCCn1nnc2ccccc21. The summed E-state index contributed by atoms with van der Waals surface area (Å²) in [5.74, 6) is 0.655. The third-order valence-electron chi connectivity index (χ3n) is 3.21. The monoisotopic (exact) mass is 232 g/mol. The van der Waals surface area contributed by atoms with Crippen LogP contribution in [-0.4, -0.2) is 27.6 Å². The van der Waals surface area contributed by atoms with Crippen LogP contribution in [0.2, 0.25) is 0 Å². The van der Waals surface area contributed by atoms with Crippen LogP contribution < -0.4 is 5.32 Å². The van der Waals surface area contributed by atoms with Gasteiger partial charge in [0.05, 0.1) is 12.1 Å². The van der Waals surface area contributed by atoms with Crippen molar-refractivity contribution in [1.29, 1.82) is 0 Å². The molecule has 0 amide bonds. The van der Waals surface area contributed by atoms with E-state index in [0.29, 0.717) is 12.0 Å². The number of benzene rings is 1. The molecule has 0 fully saturated rings. The molecule has 92 valence electrons. The quantitative estimate of drug-likeness (QED) is 0.858. The van der Waals surface area contributed by atoms with Crippen LogP contribution in [0, 0.1) is 5.92 Å². The van der Waals surface area contributed by atoms with E-state index >= 15 is 0 Å². The standard InChI is InChI=1S/C13H20N4/c1-10(2)11(3)14-8-9-17-13-7-5-4-6-12(13)15-16-17/h4-7,10-11,14H,8-9H2,1-3H3. The summed E-state index contributed by atoms with van der Waals surface area (Å²) in [6, 6.07) is 8.58. The molecule has 1 N–H and O–H groups in total. The molecule has 17 heavy (non-hydrogen) atoms. The summed E-state index contributed by atoms with van der Waals surface area (Å²) in [5, 5.41) is 11.8. The molecule has 0 radical (unpaired) electrons. The van der Waals surface area contributed by atoms with Gasteiger partial charge < -0.3 is 5.32 Å². The van der Waals surface area contributed by atoms with Gasteiger partial charge in [-0.05, 0) is 25.0 Å². The molecule has 0 bridgehead atoms. The number of fused-ring (bicyclic) bond motifs is 1. The molecule has 0 aliphatic heterocycles. The van der Waals surface area contributed by atoms with Gasteiger partial charge in [0.2, 0.25) is 0 Å². The second kappa shape index (κ2) is 5.27. The van der Waals surface area contributed by atoms with Gasteiger partial charge >= 0.3 is 0 Å². The zero-order chi connectivity index (χ0) is 12.3. The first-order valence-electron chi connectivity index (χ1n) is 6.20. The maximum atomic E-state index is 4.16. The van der Waals surface area contributed by atoms with Gasteiger partial charge in [0.25, 0.3) is 0 Å². The number of hydrogen-bond acceptors (Lipinski definition) is 3. The van der Waals surface area contributed by atoms with Gasteiger partial charge in [-0.1, -0.05) is 31.2 Å². The van der Waals surface area contributed by atoms with E-state index in [-0.39, 0.29) is 0 Å². The van der Waals surface area contributed by atoms with Crippen molar-refractivity contribution in [3.05, 3.63) is 24.3 Å². The summed E-state index contributed by atoms with van der Waals surface area (Å²) in [7, 11) is 0. The number of hydrogen-bond donors (Lipinski definition) is 1. The Morgan fingerprint density at radius 3 is 2.76 bits per heavy atom. The molecule has 2 aromatic rings. The fourth-order valence-electron chi connectivity index (χ4n) is 1.72. The largest absolute Gasteiger partial charge is 0.312 e. The van der Waals surface area contributed by atoms with E-state index in [1.807, 2.05) is 22.9 Å². The second-order valence-electron chi connectivity index (χ2n) is 4.79. The van der Waals surface area contributed by atoms with E-state index in [4.69, 9.17) is 0 Å². The highest BCUT2D eigenvalue weighted by molar-refractivity contribution is 5.73. The van der Waals surface area contributed by atoms with Crippen molar-refractivity contribution in [2.45, 2.75) is 33.4 Å². The summed E-state index contributed by atoms with van der Waals surface area (Å²) >= 11 is 0. The third kappa shape index (κ3) is 2.82. The first-order valence-corrected chi connectivity index (χ1v) is 6.20. The van der Waals surface area contributed by atoms with Gasteiger partial charge in [0, 0.05) is 12.6 Å². The molecular weight excluding hydrogens is 212 g/mol. The van der Waals surface area contributed by atoms with Crippen LogP contribution >= 0.6 is 0 Å². The second-order valence-corrected chi connectivity index (χ2v) is 4.79. The zero-order valence-corrected chi connectivity index (χ0v) is 10.7. The normalized spacial score (nSPS) is 13.4. The van der Waals surface area contributed by atoms with Crippen molar-refractivity contribution in [2.75, 3.05) is 6.54 Å². The fourth-order valence-corrected chi connectivity index (χ4v) is 1.72. The molecule has 0 saturated heterocycles. The molecule has 4 heteroatoms. The summed E-state index contributed by atoms with van der Waals surface area (Å²) < 4.78 is 1.95. The zero-order valence-electron chi connectivity index (χ0n) is 10.7. The lowest BCUT2D eigenvalue weighted by molar-refractivity contribution is 0.411. The molecule has 4 nitrogen and oxygen atoms in total. The molecule has 1 unspecified atom stereocenters. The van der Waals surface area contributed by atoms with Crippen LogP contribution in [0.4, 0.5) is 0 Å². The Hall–Kier alpha value is -1.42. The van der Waals surface area contributed by atoms with E-state index in [0.717, 1.165) is 24.1 Å².